The number of nitrogens with zero attached hydrogens (tertiary/aromatic N) is 3. The van der Waals surface area contributed by atoms with Gasteiger partial charge in [0, 0.05) is 26.2 Å². The number of para-hydroxylation sites is 1. The first kappa shape index (κ1) is 26.6. The zero-order chi connectivity index (χ0) is 27.2. The molecule has 0 bridgehead atoms. The number of hydrogen-bond donors (Lipinski definition) is 0. The van der Waals surface area contributed by atoms with Crippen LogP contribution >= 0.6 is 0 Å². The predicted molar refractivity (Wildman–Crippen MR) is 150 cm³/mol. The number of halogens is 1. The van der Waals surface area contributed by atoms with Crippen molar-refractivity contribution in [1.82, 2.24) is 9.80 Å². The van der Waals surface area contributed by atoms with Gasteiger partial charge in [-0.2, -0.15) is 0 Å². The summed E-state index contributed by atoms with van der Waals surface area (Å²) in [4.78, 5) is 17.5. The van der Waals surface area contributed by atoms with Crippen molar-refractivity contribution in [2.24, 2.45) is 0 Å². The molecule has 1 fully saturated rings. The van der Waals surface area contributed by atoms with Crippen molar-refractivity contribution in [2.75, 3.05) is 37.0 Å². The Hall–Kier alpha value is -4.01. The molecule has 1 heterocycles. The van der Waals surface area contributed by atoms with Gasteiger partial charge in [-0.05, 0) is 35.4 Å². The lowest BCUT2D eigenvalue weighted by molar-refractivity contribution is -0.131. The smallest absolute Gasteiger partial charge is 0.264 e. The lowest BCUT2D eigenvalue weighted by Crippen LogP contribution is -2.52. The summed E-state index contributed by atoms with van der Waals surface area (Å²) in [5.41, 5.74) is 2.19. The summed E-state index contributed by atoms with van der Waals surface area (Å²) in [6.45, 7) is 1.62. The Balaban J connectivity index is 1.35. The highest BCUT2D eigenvalue weighted by Crippen LogP contribution is 2.30. The third kappa shape index (κ3) is 5.87. The summed E-state index contributed by atoms with van der Waals surface area (Å²) < 4.78 is 42.8. The molecule has 0 spiro atoms. The molecule has 4 aromatic rings. The molecule has 0 aromatic heterocycles. The van der Waals surface area contributed by atoms with E-state index in [4.69, 9.17) is 0 Å². The molecule has 200 valence electrons. The number of carbonyl (C=O) groups excluding carboxylic acids is 1. The topological polar surface area (TPSA) is 60.9 Å². The fraction of sp³-hybridized carbons (Fsp3) is 0.194. The fourth-order valence-electron chi connectivity index (χ4n) is 5.01. The first-order valence-corrected chi connectivity index (χ1v) is 14.3. The van der Waals surface area contributed by atoms with Crippen LogP contribution < -0.4 is 4.31 Å². The molecule has 1 aliphatic heterocycles. The lowest BCUT2D eigenvalue weighted by atomic mass is 9.96. The van der Waals surface area contributed by atoms with E-state index in [-0.39, 0.29) is 22.5 Å². The van der Waals surface area contributed by atoms with Gasteiger partial charge in [-0.1, -0.05) is 91.0 Å². The second-order valence-corrected chi connectivity index (χ2v) is 11.3. The Kier molecular flexibility index (Phi) is 8.05. The maximum atomic E-state index is 14.8. The highest BCUT2D eigenvalue weighted by atomic mass is 32.2. The Labute approximate surface area is 229 Å². The minimum Gasteiger partial charge on any atom is -0.339 e. The zero-order valence-electron chi connectivity index (χ0n) is 21.4. The van der Waals surface area contributed by atoms with Crippen molar-refractivity contribution in [3.05, 3.63) is 132 Å². The third-order valence-corrected chi connectivity index (χ3v) is 8.77. The summed E-state index contributed by atoms with van der Waals surface area (Å²) in [6.07, 6.45) is 0. The highest BCUT2D eigenvalue weighted by Gasteiger charge is 2.33. The monoisotopic (exact) mass is 543 g/mol. The number of carbonyl (C=O) groups is 1. The summed E-state index contributed by atoms with van der Waals surface area (Å²) >= 11 is 0. The van der Waals surface area contributed by atoms with Crippen LogP contribution in [-0.2, 0) is 14.8 Å². The average molecular weight is 544 g/mol. The Bertz CT molecular complexity index is 1450. The standard InChI is InChI=1S/C31H30FN3O3S/c32-28-18-10-11-19-29(28)35(39(37,38)27-16-8-3-9-17-27)24-30(36)33-20-22-34(23-21-33)31(25-12-4-1-5-13-25)26-14-6-2-7-15-26/h1-19,31H,20-24H2. The van der Waals surface area contributed by atoms with Crippen molar-refractivity contribution in [3.8, 4) is 0 Å². The van der Waals surface area contributed by atoms with Gasteiger partial charge in [0.05, 0.1) is 16.6 Å². The molecule has 0 unspecified atom stereocenters. The summed E-state index contributed by atoms with van der Waals surface area (Å²) in [5.74, 6) is -1.07. The van der Waals surface area contributed by atoms with E-state index in [0.29, 0.717) is 26.2 Å². The molecule has 1 amide bonds. The second kappa shape index (κ2) is 11.8. The number of benzene rings is 4. The third-order valence-electron chi connectivity index (χ3n) is 6.99. The van der Waals surface area contributed by atoms with Gasteiger partial charge in [-0.25, -0.2) is 12.8 Å². The van der Waals surface area contributed by atoms with Gasteiger partial charge in [-0.3, -0.25) is 14.0 Å². The normalized spacial score (nSPS) is 14.4. The average Bonchev–Trinajstić information content (AvgIpc) is 2.98. The molecule has 4 aromatic carbocycles. The van der Waals surface area contributed by atoms with Gasteiger partial charge in [-0.15, -0.1) is 0 Å². The number of sulfonamides is 1. The number of hydrogen-bond acceptors (Lipinski definition) is 4. The van der Waals surface area contributed by atoms with Crippen molar-refractivity contribution in [2.45, 2.75) is 10.9 Å². The van der Waals surface area contributed by atoms with Crippen LogP contribution in [0, 0.1) is 5.82 Å². The van der Waals surface area contributed by atoms with Gasteiger partial charge in [0.2, 0.25) is 5.91 Å². The molecule has 0 saturated carbocycles. The van der Waals surface area contributed by atoms with Gasteiger partial charge >= 0.3 is 0 Å². The zero-order valence-corrected chi connectivity index (χ0v) is 22.3. The Morgan fingerprint density at radius 1 is 0.718 bits per heavy atom. The van der Waals surface area contributed by atoms with Gasteiger partial charge < -0.3 is 4.90 Å². The molecule has 0 N–H and O–H groups in total. The molecular formula is C31H30FN3O3S. The van der Waals surface area contributed by atoms with Gasteiger partial charge in [0.1, 0.15) is 12.4 Å². The largest absolute Gasteiger partial charge is 0.339 e. The van der Waals surface area contributed by atoms with Crippen LogP contribution in [0.1, 0.15) is 17.2 Å². The molecule has 5 rings (SSSR count). The molecule has 0 radical (unpaired) electrons. The van der Waals surface area contributed by atoms with Crippen molar-refractivity contribution in [1.29, 1.82) is 0 Å². The lowest BCUT2D eigenvalue weighted by Gasteiger charge is -2.40. The van der Waals surface area contributed by atoms with Gasteiger partial charge in [0.25, 0.3) is 10.0 Å². The number of amides is 1. The van der Waals surface area contributed by atoms with E-state index in [9.17, 15) is 17.6 Å². The van der Waals surface area contributed by atoms with E-state index < -0.39 is 22.4 Å². The Morgan fingerprint density at radius 3 is 1.74 bits per heavy atom. The first-order valence-electron chi connectivity index (χ1n) is 12.9. The second-order valence-electron chi connectivity index (χ2n) is 9.42. The fourth-order valence-corrected chi connectivity index (χ4v) is 6.45. The van der Waals surface area contributed by atoms with Crippen molar-refractivity contribution in [3.63, 3.8) is 0 Å². The number of rotatable bonds is 8. The van der Waals surface area contributed by atoms with Crippen molar-refractivity contribution < 1.29 is 17.6 Å². The van der Waals surface area contributed by atoms with Gasteiger partial charge in [0.15, 0.2) is 0 Å². The highest BCUT2D eigenvalue weighted by molar-refractivity contribution is 7.92. The summed E-state index contributed by atoms with van der Waals surface area (Å²) in [5, 5.41) is 0. The van der Waals surface area contributed by atoms with Crippen LogP contribution in [0.4, 0.5) is 10.1 Å². The minimum absolute atomic E-state index is 0.000522. The van der Waals surface area contributed by atoms with Crippen LogP contribution in [0.3, 0.4) is 0 Å². The molecule has 8 heteroatoms. The minimum atomic E-state index is -4.17. The van der Waals surface area contributed by atoms with E-state index >= 15 is 0 Å². The molecule has 39 heavy (non-hydrogen) atoms. The first-order chi connectivity index (χ1) is 18.9. The van der Waals surface area contributed by atoms with E-state index in [0.717, 1.165) is 4.31 Å². The van der Waals surface area contributed by atoms with E-state index in [2.05, 4.69) is 29.2 Å². The quantitative estimate of drug-likeness (QED) is 0.315. The van der Waals surface area contributed by atoms with E-state index in [1.54, 1.807) is 29.2 Å². The molecule has 1 saturated heterocycles. The van der Waals surface area contributed by atoms with E-state index in [1.807, 2.05) is 36.4 Å². The van der Waals surface area contributed by atoms with Crippen LogP contribution in [0.25, 0.3) is 0 Å². The molecule has 1 aliphatic rings. The molecular weight excluding hydrogens is 513 g/mol. The predicted octanol–water partition coefficient (Wildman–Crippen LogP) is 4.95. The van der Waals surface area contributed by atoms with Crippen molar-refractivity contribution >= 4 is 21.6 Å². The van der Waals surface area contributed by atoms with Crippen LogP contribution in [0.2, 0.25) is 0 Å². The maximum Gasteiger partial charge on any atom is 0.264 e. The van der Waals surface area contributed by atoms with Crippen LogP contribution in [-0.4, -0.2) is 56.8 Å². The molecule has 0 aliphatic carbocycles. The maximum absolute atomic E-state index is 14.8. The summed E-state index contributed by atoms with van der Waals surface area (Å²) in [7, 11) is -4.17. The number of anilines is 1. The SMILES string of the molecule is O=C(CN(c1ccccc1F)S(=O)(=O)c1ccccc1)N1CCN(C(c2ccccc2)c2ccccc2)CC1. The van der Waals surface area contributed by atoms with Crippen LogP contribution in [0.15, 0.2) is 120 Å². The Morgan fingerprint density at radius 2 is 1.21 bits per heavy atom. The summed E-state index contributed by atoms with van der Waals surface area (Å²) in [6, 6.07) is 34.0. The number of piperazine rings is 1. The molecule has 6 nitrogen and oxygen atoms in total. The van der Waals surface area contributed by atoms with E-state index in [1.165, 1.54) is 41.5 Å². The van der Waals surface area contributed by atoms with Crippen LogP contribution in [0.5, 0.6) is 0 Å². The molecule has 0 atom stereocenters.